The van der Waals surface area contributed by atoms with E-state index in [-0.39, 0.29) is 41.9 Å². The zero-order valence-corrected chi connectivity index (χ0v) is 30.1. The molecule has 6 rings (SSSR count). The number of hydrogen-bond acceptors (Lipinski definition) is 6. The number of rotatable bonds is 11. The first-order chi connectivity index (χ1) is 24.3. The highest BCUT2D eigenvalue weighted by atomic mass is 32.2. The van der Waals surface area contributed by atoms with Gasteiger partial charge in [0, 0.05) is 70.4 Å². The molecule has 2 aliphatic heterocycles. The summed E-state index contributed by atoms with van der Waals surface area (Å²) in [5, 5.41) is 10.4. The van der Waals surface area contributed by atoms with Crippen molar-refractivity contribution >= 4 is 52.2 Å². The zero-order valence-electron chi connectivity index (χ0n) is 29.3. The fourth-order valence-electron chi connectivity index (χ4n) is 7.20. The Kier molecular flexibility index (Phi) is 11.1. The molecule has 0 saturated carbocycles. The highest BCUT2D eigenvalue weighted by Gasteiger charge is 2.34. The van der Waals surface area contributed by atoms with Gasteiger partial charge in [-0.05, 0) is 98.5 Å². The number of carbonyl (C=O) groups is 3. The molecule has 0 spiro atoms. The van der Waals surface area contributed by atoms with Crippen molar-refractivity contribution < 1.29 is 14.4 Å². The van der Waals surface area contributed by atoms with Crippen molar-refractivity contribution in [3.05, 3.63) is 114 Å². The van der Waals surface area contributed by atoms with E-state index in [1.54, 1.807) is 11.8 Å². The van der Waals surface area contributed by atoms with Crippen LogP contribution in [0.4, 0.5) is 22.7 Å². The summed E-state index contributed by atoms with van der Waals surface area (Å²) in [7, 11) is 0. The van der Waals surface area contributed by atoms with E-state index >= 15 is 0 Å². The molecule has 0 fully saturated rings. The predicted octanol–water partition coefficient (Wildman–Crippen LogP) is 8.59. The summed E-state index contributed by atoms with van der Waals surface area (Å²) in [6.07, 6.45) is 2.61. The Labute approximate surface area is 300 Å². The average Bonchev–Trinajstić information content (AvgIpc) is 3.14. The summed E-state index contributed by atoms with van der Waals surface area (Å²) in [5.41, 5.74) is 6.82. The fraction of sp³-hybridized carbons (Fsp3) is 0.341. The minimum atomic E-state index is -0.0942. The van der Waals surface area contributed by atoms with Gasteiger partial charge in [0.2, 0.25) is 11.8 Å². The van der Waals surface area contributed by atoms with Crippen molar-refractivity contribution in [2.24, 2.45) is 0 Å². The van der Waals surface area contributed by atoms with Crippen LogP contribution < -0.4 is 25.8 Å². The van der Waals surface area contributed by atoms with Crippen LogP contribution >= 0.6 is 11.8 Å². The first kappa shape index (κ1) is 35.1. The average molecular weight is 690 g/mol. The summed E-state index contributed by atoms with van der Waals surface area (Å²) in [5.74, 6) is 0.953. The number of benzene rings is 4. The Balaban J connectivity index is 0.977. The predicted molar refractivity (Wildman–Crippen MR) is 205 cm³/mol. The van der Waals surface area contributed by atoms with Crippen LogP contribution in [-0.2, 0) is 9.59 Å². The molecule has 2 heterocycles. The van der Waals surface area contributed by atoms with Crippen LogP contribution in [0.15, 0.2) is 102 Å². The number of fused-ring (bicyclic) bond motifs is 2. The second kappa shape index (κ2) is 15.9. The molecule has 0 aliphatic carbocycles. The van der Waals surface area contributed by atoms with Gasteiger partial charge in [0.1, 0.15) is 0 Å². The standard InChI is InChI=1S/C41H47N5O3S/c1-5-39(47)45-27(3)25-35(33-11-7-9-13-37(33)45)43-30-17-15-29(16-18-30)41(49)42-23-24-50-32-21-19-31(20-22-32)44-36-26-28(4)46(40(48)6-2)38-14-10-8-12-34(36)38/h7-22,27-28,35-36,43-44H,5-6,23-26H2,1-4H3,(H,42,49)/t27-,28-,35+,36+/m0/s1. The van der Waals surface area contributed by atoms with Crippen LogP contribution in [0, 0.1) is 0 Å². The third-order valence-corrected chi connectivity index (χ3v) is 10.7. The van der Waals surface area contributed by atoms with Crippen molar-refractivity contribution in [1.29, 1.82) is 0 Å². The normalized spacial score (nSPS) is 19.6. The van der Waals surface area contributed by atoms with Crippen LogP contribution in [0.5, 0.6) is 0 Å². The van der Waals surface area contributed by atoms with Crippen LogP contribution in [0.2, 0.25) is 0 Å². The first-order valence-corrected chi connectivity index (χ1v) is 18.7. The van der Waals surface area contributed by atoms with Crippen molar-refractivity contribution in [1.82, 2.24) is 5.32 Å². The summed E-state index contributed by atoms with van der Waals surface area (Å²) in [6, 6.07) is 32.7. The lowest BCUT2D eigenvalue weighted by Gasteiger charge is -2.40. The van der Waals surface area contributed by atoms with E-state index in [0.29, 0.717) is 24.9 Å². The Morgan fingerprint density at radius 2 is 1.12 bits per heavy atom. The first-order valence-electron chi connectivity index (χ1n) is 17.7. The fourth-order valence-corrected chi connectivity index (χ4v) is 7.97. The van der Waals surface area contributed by atoms with Crippen LogP contribution in [0.25, 0.3) is 0 Å². The number of nitrogens with one attached hydrogen (secondary N) is 3. The molecule has 2 aliphatic rings. The molecule has 0 bridgehead atoms. The molecule has 4 atom stereocenters. The van der Waals surface area contributed by atoms with Crippen molar-refractivity contribution in [2.75, 3.05) is 32.7 Å². The quantitative estimate of drug-likeness (QED) is 0.108. The van der Waals surface area contributed by atoms with E-state index in [1.165, 1.54) is 0 Å². The molecule has 4 aromatic rings. The largest absolute Gasteiger partial charge is 0.378 e. The van der Waals surface area contributed by atoms with Gasteiger partial charge >= 0.3 is 0 Å². The topological polar surface area (TPSA) is 93.8 Å². The number of hydrogen-bond donors (Lipinski definition) is 3. The molecule has 3 amide bonds. The maximum absolute atomic E-state index is 12.9. The van der Waals surface area contributed by atoms with Gasteiger partial charge < -0.3 is 25.8 Å². The van der Waals surface area contributed by atoms with Crippen LogP contribution in [0.1, 0.15) is 86.9 Å². The second-order valence-corrected chi connectivity index (χ2v) is 14.3. The zero-order chi connectivity index (χ0) is 35.2. The molecule has 9 heteroatoms. The summed E-state index contributed by atoms with van der Waals surface area (Å²) in [6.45, 7) is 8.59. The third kappa shape index (κ3) is 7.68. The van der Waals surface area contributed by atoms with Crippen molar-refractivity contribution in [3.8, 4) is 0 Å². The highest BCUT2D eigenvalue weighted by Crippen LogP contribution is 2.40. The molecule has 0 radical (unpaired) electrons. The Morgan fingerprint density at radius 1 is 0.660 bits per heavy atom. The second-order valence-electron chi connectivity index (χ2n) is 13.1. The van der Waals surface area contributed by atoms with Gasteiger partial charge in [-0.25, -0.2) is 0 Å². The van der Waals surface area contributed by atoms with Gasteiger partial charge in [-0.1, -0.05) is 50.2 Å². The molecular formula is C41H47N5O3S. The molecule has 4 aromatic carbocycles. The molecule has 0 saturated heterocycles. The number of carbonyl (C=O) groups excluding carboxylic acids is 3. The molecule has 0 unspecified atom stereocenters. The van der Waals surface area contributed by atoms with Gasteiger partial charge in [0.25, 0.3) is 5.91 Å². The SMILES string of the molecule is CCC(=O)N1c2ccccc2[C@H](Nc2ccc(SCCNC(=O)c3ccc(N[C@@H]4C[C@H](C)N(C(=O)CC)c5ccccc54)cc3)cc2)C[C@@H]1C. The van der Waals surface area contributed by atoms with Gasteiger partial charge in [-0.15, -0.1) is 11.8 Å². The molecule has 8 nitrogen and oxygen atoms in total. The minimum Gasteiger partial charge on any atom is -0.378 e. The molecule has 3 N–H and O–H groups in total. The molecular weight excluding hydrogens is 643 g/mol. The number of nitrogens with zero attached hydrogens (tertiary/aromatic N) is 2. The molecule has 0 aromatic heterocycles. The minimum absolute atomic E-state index is 0.0692. The monoisotopic (exact) mass is 689 g/mol. The van der Waals surface area contributed by atoms with Gasteiger partial charge in [0.15, 0.2) is 0 Å². The summed E-state index contributed by atoms with van der Waals surface area (Å²) < 4.78 is 0. The Morgan fingerprint density at radius 3 is 1.60 bits per heavy atom. The van der Waals surface area contributed by atoms with E-state index in [1.807, 2.05) is 84.3 Å². The van der Waals surface area contributed by atoms with Crippen molar-refractivity contribution in [2.45, 2.75) is 82.4 Å². The molecule has 260 valence electrons. The van der Waals surface area contributed by atoms with Gasteiger partial charge in [-0.2, -0.15) is 0 Å². The smallest absolute Gasteiger partial charge is 0.251 e. The number of anilines is 4. The van der Waals surface area contributed by atoms with Gasteiger partial charge in [-0.3, -0.25) is 14.4 Å². The summed E-state index contributed by atoms with van der Waals surface area (Å²) >= 11 is 1.71. The maximum atomic E-state index is 12.9. The number of para-hydroxylation sites is 2. The van der Waals surface area contributed by atoms with Gasteiger partial charge in [0.05, 0.1) is 12.1 Å². The van der Waals surface area contributed by atoms with E-state index in [0.717, 1.165) is 57.4 Å². The number of thioether (sulfide) groups is 1. The van der Waals surface area contributed by atoms with Crippen LogP contribution in [0.3, 0.4) is 0 Å². The third-order valence-electron chi connectivity index (χ3n) is 9.66. The van der Waals surface area contributed by atoms with E-state index in [4.69, 9.17) is 0 Å². The van der Waals surface area contributed by atoms with E-state index < -0.39 is 0 Å². The molecule has 50 heavy (non-hydrogen) atoms. The summed E-state index contributed by atoms with van der Waals surface area (Å²) in [4.78, 5) is 43.3. The maximum Gasteiger partial charge on any atom is 0.251 e. The number of amides is 3. The van der Waals surface area contributed by atoms with Crippen LogP contribution in [-0.4, -0.2) is 42.1 Å². The van der Waals surface area contributed by atoms with Crippen molar-refractivity contribution in [3.63, 3.8) is 0 Å². The van der Waals surface area contributed by atoms with E-state index in [9.17, 15) is 14.4 Å². The Bertz CT molecular complexity index is 1810. The lowest BCUT2D eigenvalue weighted by Crippen LogP contribution is -2.44. The Hall–Kier alpha value is -4.76. The lowest BCUT2D eigenvalue weighted by molar-refractivity contribution is -0.119. The highest BCUT2D eigenvalue weighted by molar-refractivity contribution is 7.99. The van der Waals surface area contributed by atoms with E-state index in [2.05, 4.69) is 66.2 Å². The lowest BCUT2D eigenvalue weighted by atomic mass is 9.91.